The van der Waals surface area contributed by atoms with Gasteiger partial charge in [0.25, 0.3) is 0 Å². The third-order valence-corrected chi connectivity index (χ3v) is 1.80. The Balaban J connectivity index is 4.44. The second kappa shape index (κ2) is 16.7. The van der Waals surface area contributed by atoms with Crippen molar-refractivity contribution in [2.75, 3.05) is 0 Å². The molecule has 0 aliphatic rings. The molecular weight excluding hydrogens is 372 g/mol. The summed E-state index contributed by atoms with van der Waals surface area (Å²) >= 11 is 0. The third kappa shape index (κ3) is 20.9. The van der Waals surface area contributed by atoms with E-state index in [1.54, 1.807) is 13.0 Å². The van der Waals surface area contributed by atoms with Crippen molar-refractivity contribution in [2.24, 2.45) is 0 Å². The average Bonchev–Trinajstić information content (AvgIpc) is 2.65. The van der Waals surface area contributed by atoms with Crippen LogP contribution in [-0.2, 0) is 14.6 Å². The van der Waals surface area contributed by atoms with E-state index in [-0.39, 0.29) is 0 Å². The summed E-state index contributed by atoms with van der Waals surface area (Å²) in [6, 6.07) is 0. The number of hydrogen-bond donors (Lipinski definition) is 1. The maximum atomic E-state index is 10.1. The fourth-order valence-electron chi connectivity index (χ4n) is 0.724. The Morgan fingerprint density at radius 2 is 0.750 bits per heavy atom. The highest BCUT2D eigenvalue weighted by atomic mass is 32.3. The summed E-state index contributed by atoms with van der Waals surface area (Å²) < 4.78 is 32.1. The fraction of sp³-hybridized carbons (Fsp3) is 0.0435. The largest absolute Gasteiger partial charge is 0.454 e. The predicted octanol–water partition coefficient (Wildman–Crippen LogP) is -0.179. The van der Waals surface area contributed by atoms with E-state index in [1.807, 2.05) is 5.92 Å². The van der Waals surface area contributed by atoms with Gasteiger partial charge in [0.1, 0.15) is 6.11 Å². The molecule has 0 spiro atoms. The van der Waals surface area contributed by atoms with Crippen LogP contribution in [0.5, 0.6) is 0 Å². The molecule has 28 heavy (non-hydrogen) atoms. The first-order chi connectivity index (χ1) is 13.6. The Kier molecular flexibility index (Phi) is 13.7. The Hall–Kier alpha value is -5.13. The molecular formula is C23H4O4S. The molecule has 0 bridgehead atoms. The average molecular weight is 376 g/mol. The molecule has 5 heteroatoms. The van der Waals surface area contributed by atoms with Gasteiger partial charge in [-0.15, -0.1) is 0 Å². The van der Waals surface area contributed by atoms with E-state index in [4.69, 9.17) is 4.55 Å². The van der Waals surface area contributed by atoms with E-state index in [0.29, 0.717) is 0 Å². The lowest BCUT2D eigenvalue weighted by Crippen LogP contribution is -1.97. The minimum absolute atomic E-state index is 1.65. The third-order valence-electron chi connectivity index (χ3n) is 1.51. The van der Waals surface area contributed by atoms with E-state index in [9.17, 15) is 8.42 Å². The molecule has 0 heterocycles. The Morgan fingerprint density at radius 3 is 1.00 bits per heavy atom. The Morgan fingerprint density at radius 1 is 0.500 bits per heavy atom. The summed E-state index contributed by atoms with van der Waals surface area (Å²) in [7, 11) is -4.60. The molecule has 0 aromatic rings. The van der Waals surface area contributed by atoms with Gasteiger partial charge in [-0.25, -0.2) is 0 Å². The van der Waals surface area contributed by atoms with Gasteiger partial charge in [0.05, 0.1) is 0 Å². The molecule has 0 aromatic carbocycles. The van der Waals surface area contributed by atoms with Crippen molar-refractivity contribution in [3.63, 3.8) is 0 Å². The van der Waals surface area contributed by atoms with Crippen LogP contribution in [0.15, 0.2) is 0 Å². The predicted molar refractivity (Wildman–Crippen MR) is 104 cm³/mol. The van der Waals surface area contributed by atoms with Gasteiger partial charge in [-0.1, -0.05) is 5.92 Å². The SMILES string of the molecule is CC#CC#CC#CC#CC#CC#CC#CC#CC#CC#CC#COS(=O)(=O)O. The highest BCUT2D eigenvalue weighted by molar-refractivity contribution is 7.81. The molecule has 0 aromatic heterocycles. The summed E-state index contributed by atoms with van der Waals surface area (Å²) in [4.78, 5) is 0. The van der Waals surface area contributed by atoms with E-state index in [1.165, 1.54) is 0 Å². The van der Waals surface area contributed by atoms with Crippen LogP contribution in [0.1, 0.15) is 6.92 Å². The minimum atomic E-state index is -4.60. The van der Waals surface area contributed by atoms with Crippen molar-refractivity contribution in [1.82, 2.24) is 0 Å². The second-order valence-electron chi connectivity index (χ2n) is 3.36. The van der Waals surface area contributed by atoms with Gasteiger partial charge in [0, 0.05) is 71.0 Å². The topological polar surface area (TPSA) is 63.6 Å². The van der Waals surface area contributed by atoms with Crippen molar-refractivity contribution in [2.45, 2.75) is 6.92 Å². The monoisotopic (exact) mass is 376 g/mol. The maximum Gasteiger partial charge on any atom is 0.454 e. The van der Waals surface area contributed by atoms with Gasteiger partial charge in [-0.3, -0.25) is 4.55 Å². The Bertz CT molecular complexity index is 1410. The molecule has 0 unspecified atom stereocenters. The van der Waals surface area contributed by atoms with E-state index in [2.05, 4.69) is 123 Å². The smallest absolute Gasteiger partial charge is 0.306 e. The van der Waals surface area contributed by atoms with Crippen molar-refractivity contribution in [1.29, 1.82) is 0 Å². The van der Waals surface area contributed by atoms with Gasteiger partial charge in [0.15, 0.2) is 0 Å². The first-order valence-corrected chi connectivity index (χ1v) is 8.00. The summed E-state index contributed by atoms with van der Waals surface area (Å²) in [6.07, 6.45) is 1.65. The van der Waals surface area contributed by atoms with Crippen molar-refractivity contribution in [3.8, 4) is 130 Å². The van der Waals surface area contributed by atoms with Crippen molar-refractivity contribution < 1.29 is 17.2 Å². The van der Waals surface area contributed by atoms with Gasteiger partial charge in [-0.05, 0) is 54.3 Å². The second-order valence-corrected chi connectivity index (χ2v) is 4.39. The lowest BCUT2D eigenvalue weighted by Gasteiger charge is -1.83. The summed E-state index contributed by atoms with van der Waals surface area (Å²) in [5.41, 5.74) is 0. The molecule has 4 nitrogen and oxygen atoms in total. The van der Waals surface area contributed by atoms with Crippen LogP contribution in [-0.4, -0.2) is 13.0 Å². The van der Waals surface area contributed by atoms with Crippen molar-refractivity contribution in [3.05, 3.63) is 0 Å². The lowest BCUT2D eigenvalue weighted by atomic mass is 10.4. The van der Waals surface area contributed by atoms with E-state index in [0.717, 1.165) is 0 Å². The molecule has 0 saturated carbocycles. The van der Waals surface area contributed by atoms with Crippen LogP contribution in [0.3, 0.4) is 0 Å². The first kappa shape index (κ1) is 22.9. The number of rotatable bonds is 1. The molecule has 0 rings (SSSR count). The lowest BCUT2D eigenvalue weighted by molar-refractivity contribution is 0.371. The number of hydrogen-bond acceptors (Lipinski definition) is 3. The minimum Gasteiger partial charge on any atom is -0.306 e. The molecule has 0 aliphatic carbocycles. The summed E-state index contributed by atoms with van der Waals surface area (Å²) in [5.74, 6) is 50.6. The van der Waals surface area contributed by atoms with Gasteiger partial charge < -0.3 is 4.18 Å². The highest BCUT2D eigenvalue weighted by Crippen LogP contribution is 1.80. The summed E-state index contributed by atoms with van der Waals surface area (Å²) in [6.45, 7) is 1.68. The van der Waals surface area contributed by atoms with E-state index < -0.39 is 10.4 Å². The molecule has 0 aliphatic heterocycles. The van der Waals surface area contributed by atoms with Crippen molar-refractivity contribution >= 4 is 10.4 Å². The van der Waals surface area contributed by atoms with Crippen LogP contribution >= 0.6 is 0 Å². The molecule has 1 N–H and O–H groups in total. The fourth-order valence-corrected chi connectivity index (χ4v) is 0.871. The Labute approximate surface area is 165 Å². The van der Waals surface area contributed by atoms with Crippen LogP contribution in [0.25, 0.3) is 0 Å². The molecule has 0 atom stereocenters. The zero-order valence-electron chi connectivity index (χ0n) is 14.1. The van der Waals surface area contributed by atoms with Crippen LogP contribution < -0.4 is 0 Å². The first-order valence-electron chi connectivity index (χ1n) is 6.64. The van der Waals surface area contributed by atoms with Crippen LogP contribution in [0, 0.1) is 130 Å². The molecule has 0 saturated heterocycles. The highest BCUT2D eigenvalue weighted by Gasteiger charge is 1.98. The van der Waals surface area contributed by atoms with Gasteiger partial charge in [0.2, 0.25) is 0 Å². The molecule has 126 valence electrons. The van der Waals surface area contributed by atoms with Crippen LogP contribution in [0.4, 0.5) is 0 Å². The standard InChI is InChI=1S/C23H4O4S/c1-2-3-4-5-6-7-8-9-10-11-12-13-14-15-16-17-18-19-20-21-22-23-27-28(24,25)26/h1H3,(H,24,25,26). The molecule has 0 radical (unpaired) electrons. The quantitative estimate of drug-likeness (QED) is 0.510. The molecule has 0 fully saturated rings. The van der Waals surface area contributed by atoms with E-state index >= 15 is 0 Å². The van der Waals surface area contributed by atoms with Gasteiger partial charge in [-0.2, -0.15) is 8.42 Å². The molecule has 0 amide bonds. The summed E-state index contributed by atoms with van der Waals surface area (Å²) in [5, 5.41) is 0. The van der Waals surface area contributed by atoms with Gasteiger partial charge >= 0.3 is 10.4 Å². The van der Waals surface area contributed by atoms with Crippen LogP contribution in [0.2, 0.25) is 0 Å². The zero-order valence-corrected chi connectivity index (χ0v) is 14.9. The normalized spacial score (nSPS) is 5.50. The zero-order chi connectivity index (χ0) is 20.8. The maximum absolute atomic E-state index is 10.1.